The van der Waals surface area contributed by atoms with E-state index in [0.29, 0.717) is 0 Å². The molecular weight excluding hydrogens is 200 g/mol. The second-order valence-corrected chi connectivity index (χ2v) is 4.00. The summed E-state index contributed by atoms with van der Waals surface area (Å²) < 4.78 is 0. The molecule has 0 aromatic heterocycles. The van der Waals surface area contributed by atoms with Crippen molar-refractivity contribution in [2.75, 3.05) is 0 Å². The first-order valence-corrected chi connectivity index (χ1v) is 5.53. The van der Waals surface area contributed by atoms with Gasteiger partial charge in [-0.2, -0.15) is 0 Å². The van der Waals surface area contributed by atoms with E-state index in [-0.39, 0.29) is 6.42 Å². The average Bonchev–Trinajstić information content (AvgIpc) is 2.23. The fourth-order valence-corrected chi connectivity index (χ4v) is 1.74. The summed E-state index contributed by atoms with van der Waals surface area (Å²) in [5.74, 6) is -0.781. The van der Waals surface area contributed by atoms with Crippen LogP contribution >= 0.6 is 0 Å². The molecule has 0 saturated carbocycles. The monoisotopic (exact) mass is 218 g/mol. The lowest BCUT2D eigenvalue weighted by Gasteiger charge is -2.09. The van der Waals surface area contributed by atoms with Crippen LogP contribution < -0.4 is 0 Å². The summed E-state index contributed by atoms with van der Waals surface area (Å²) in [4.78, 5) is 10.6. The van der Waals surface area contributed by atoms with Gasteiger partial charge in [0.25, 0.3) is 0 Å². The Morgan fingerprint density at radius 2 is 2.06 bits per heavy atom. The normalized spacial score (nSPS) is 11.6. The molecule has 1 aromatic carbocycles. The molecule has 0 heterocycles. The van der Waals surface area contributed by atoms with E-state index >= 15 is 0 Å². The molecule has 1 aromatic rings. The summed E-state index contributed by atoms with van der Waals surface area (Å²) >= 11 is 0. The average molecular weight is 218 g/mol. The number of carbonyl (C=O) groups is 1. The quantitative estimate of drug-likeness (QED) is 0.838. The van der Waals surface area contributed by atoms with Gasteiger partial charge in [0.2, 0.25) is 0 Å². The van der Waals surface area contributed by atoms with E-state index in [1.807, 2.05) is 13.0 Å². The zero-order chi connectivity index (χ0) is 12.1. The number of benzene rings is 1. The first kappa shape index (κ1) is 12.5. The Balaban J connectivity index is 3.07. The molecule has 16 heavy (non-hydrogen) atoms. The Morgan fingerprint density at radius 3 is 2.62 bits per heavy atom. The summed E-state index contributed by atoms with van der Waals surface area (Å²) in [6, 6.07) is 6.27. The number of aryl methyl sites for hydroxylation is 2. The predicted molar refractivity (Wildman–Crippen MR) is 66.4 cm³/mol. The number of aliphatic carboxylic acids is 1. The van der Waals surface area contributed by atoms with Crippen LogP contribution in [0.1, 0.15) is 36.5 Å². The van der Waals surface area contributed by atoms with Gasteiger partial charge in [0.15, 0.2) is 0 Å². The van der Waals surface area contributed by atoms with Crippen LogP contribution in [0.2, 0.25) is 0 Å². The first-order chi connectivity index (χ1) is 7.54. The number of hydrogen-bond acceptors (Lipinski definition) is 1. The largest absolute Gasteiger partial charge is 0.481 e. The van der Waals surface area contributed by atoms with Crippen LogP contribution in [0.3, 0.4) is 0 Å². The fraction of sp³-hybridized carbons (Fsp3) is 0.357. The smallest absolute Gasteiger partial charge is 0.307 e. The third-order valence-electron chi connectivity index (χ3n) is 2.64. The van der Waals surface area contributed by atoms with Gasteiger partial charge in [0, 0.05) is 0 Å². The van der Waals surface area contributed by atoms with Gasteiger partial charge >= 0.3 is 5.97 Å². The summed E-state index contributed by atoms with van der Waals surface area (Å²) in [7, 11) is 0. The highest BCUT2D eigenvalue weighted by atomic mass is 16.4. The van der Waals surface area contributed by atoms with Crippen LogP contribution in [-0.4, -0.2) is 11.1 Å². The minimum Gasteiger partial charge on any atom is -0.481 e. The molecule has 0 atom stereocenters. The Kier molecular flexibility index (Phi) is 4.29. The maximum atomic E-state index is 10.6. The molecule has 0 saturated heterocycles. The lowest BCUT2D eigenvalue weighted by Crippen LogP contribution is -1.94. The molecule has 0 aliphatic carbocycles. The Labute approximate surface area is 96.6 Å². The molecule has 1 N–H and O–H groups in total. The highest BCUT2D eigenvalue weighted by Gasteiger charge is 2.04. The van der Waals surface area contributed by atoms with Gasteiger partial charge in [-0.05, 0) is 37.0 Å². The molecule has 0 fully saturated rings. The predicted octanol–water partition coefficient (Wildman–Crippen LogP) is 3.57. The van der Waals surface area contributed by atoms with Gasteiger partial charge in [0.05, 0.1) is 6.42 Å². The first-order valence-electron chi connectivity index (χ1n) is 5.53. The van der Waals surface area contributed by atoms with Crippen molar-refractivity contribution in [1.29, 1.82) is 0 Å². The van der Waals surface area contributed by atoms with Crippen LogP contribution in [0.5, 0.6) is 0 Å². The van der Waals surface area contributed by atoms with Crippen LogP contribution in [0.25, 0.3) is 5.57 Å². The molecule has 1 rings (SSSR count). The molecule has 0 radical (unpaired) electrons. The minimum absolute atomic E-state index is 0.0938. The van der Waals surface area contributed by atoms with Crippen LogP contribution in [-0.2, 0) is 4.79 Å². The molecule has 86 valence electrons. The summed E-state index contributed by atoms with van der Waals surface area (Å²) in [6.45, 7) is 6.15. The minimum atomic E-state index is -0.781. The SMILES string of the molecule is CC/C(=C\CC(=O)O)c1cc(C)ccc1C. The molecule has 2 nitrogen and oxygen atoms in total. The van der Waals surface area contributed by atoms with Gasteiger partial charge in [-0.25, -0.2) is 0 Å². The van der Waals surface area contributed by atoms with Crippen molar-refractivity contribution in [3.05, 3.63) is 41.0 Å². The molecule has 2 heteroatoms. The van der Waals surface area contributed by atoms with Crippen LogP contribution in [0.4, 0.5) is 0 Å². The van der Waals surface area contributed by atoms with E-state index in [9.17, 15) is 4.79 Å². The third kappa shape index (κ3) is 3.23. The van der Waals surface area contributed by atoms with E-state index in [4.69, 9.17) is 5.11 Å². The third-order valence-corrected chi connectivity index (χ3v) is 2.64. The number of carboxylic acids is 1. The van der Waals surface area contributed by atoms with E-state index in [1.54, 1.807) is 0 Å². The van der Waals surface area contributed by atoms with E-state index in [0.717, 1.165) is 12.0 Å². The van der Waals surface area contributed by atoms with E-state index in [2.05, 4.69) is 32.0 Å². The summed E-state index contributed by atoms with van der Waals surface area (Å²) in [5.41, 5.74) is 4.69. The molecule has 0 unspecified atom stereocenters. The van der Waals surface area contributed by atoms with Crippen LogP contribution in [0.15, 0.2) is 24.3 Å². The maximum absolute atomic E-state index is 10.6. The number of allylic oxidation sites excluding steroid dienone is 1. The zero-order valence-corrected chi connectivity index (χ0v) is 10.1. The van der Waals surface area contributed by atoms with Crippen molar-refractivity contribution in [2.45, 2.75) is 33.6 Å². The highest BCUT2D eigenvalue weighted by Crippen LogP contribution is 2.23. The number of hydrogen-bond donors (Lipinski definition) is 1. The van der Waals surface area contributed by atoms with E-state index < -0.39 is 5.97 Å². The highest BCUT2D eigenvalue weighted by molar-refractivity contribution is 5.75. The number of carboxylic acid groups (broad SMARTS) is 1. The standard InChI is InChI=1S/C14H18O2/c1-4-12(7-8-14(15)16)13-9-10(2)5-6-11(13)3/h5-7,9H,4,8H2,1-3H3,(H,15,16)/b12-7+. The number of rotatable bonds is 4. The molecular formula is C14H18O2. The topological polar surface area (TPSA) is 37.3 Å². The van der Waals surface area contributed by atoms with Crippen molar-refractivity contribution in [3.8, 4) is 0 Å². The van der Waals surface area contributed by atoms with Crippen molar-refractivity contribution in [1.82, 2.24) is 0 Å². The lowest BCUT2D eigenvalue weighted by molar-refractivity contribution is -0.135. The zero-order valence-electron chi connectivity index (χ0n) is 10.1. The Bertz CT molecular complexity index is 417. The van der Waals surface area contributed by atoms with Gasteiger partial charge in [-0.1, -0.05) is 36.8 Å². The van der Waals surface area contributed by atoms with Crippen molar-refractivity contribution >= 4 is 11.5 Å². The maximum Gasteiger partial charge on any atom is 0.307 e. The van der Waals surface area contributed by atoms with Crippen molar-refractivity contribution in [2.24, 2.45) is 0 Å². The van der Waals surface area contributed by atoms with E-state index in [1.165, 1.54) is 16.7 Å². The molecule has 0 aliphatic rings. The van der Waals surface area contributed by atoms with Crippen LogP contribution in [0, 0.1) is 13.8 Å². The fourth-order valence-electron chi connectivity index (χ4n) is 1.74. The molecule has 0 spiro atoms. The van der Waals surface area contributed by atoms with Gasteiger partial charge in [-0.3, -0.25) is 4.79 Å². The Morgan fingerprint density at radius 1 is 1.38 bits per heavy atom. The lowest BCUT2D eigenvalue weighted by atomic mass is 9.96. The van der Waals surface area contributed by atoms with Gasteiger partial charge in [-0.15, -0.1) is 0 Å². The second kappa shape index (κ2) is 5.50. The van der Waals surface area contributed by atoms with Crippen molar-refractivity contribution in [3.63, 3.8) is 0 Å². The Hall–Kier alpha value is -1.57. The second-order valence-electron chi connectivity index (χ2n) is 4.00. The molecule has 0 amide bonds. The molecule has 0 aliphatic heterocycles. The summed E-state index contributed by atoms with van der Waals surface area (Å²) in [6.07, 6.45) is 2.76. The van der Waals surface area contributed by atoms with Crippen molar-refractivity contribution < 1.29 is 9.90 Å². The molecule has 0 bridgehead atoms. The van der Waals surface area contributed by atoms with Gasteiger partial charge < -0.3 is 5.11 Å². The summed E-state index contributed by atoms with van der Waals surface area (Å²) in [5, 5.41) is 8.68. The van der Waals surface area contributed by atoms with Gasteiger partial charge in [0.1, 0.15) is 0 Å².